The van der Waals surface area contributed by atoms with Crippen molar-refractivity contribution >= 4 is 11.3 Å². The van der Waals surface area contributed by atoms with Crippen LogP contribution >= 0.6 is 11.3 Å². The van der Waals surface area contributed by atoms with Crippen LogP contribution in [0.25, 0.3) is 0 Å². The summed E-state index contributed by atoms with van der Waals surface area (Å²) in [6.07, 6.45) is 2.66. The molecule has 0 radical (unpaired) electrons. The lowest BCUT2D eigenvalue weighted by atomic mass is 10.0. The van der Waals surface area contributed by atoms with Crippen LogP contribution in [0.3, 0.4) is 0 Å². The van der Waals surface area contributed by atoms with E-state index in [9.17, 15) is 0 Å². The second kappa shape index (κ2) is 6.66. The van der Waals surface area contributed by atoms with Crippen molar-refractivity contribution in [1.82, 2.24) is 10.2 Å². The Morgan fingerprint density at radius 3 is 3.00 bits per heavy atom. The first-order valence-electron chi connectivity index (χ1n) is 6.71. The van der Waals surface area contributed by atoms with Crippen molar-refractivity contribution < 1.29 is 4.74 Å². The van der Waals surface area contributed by atoms with Gasteiger partial charge in [0, 0.05) is 24.1 Å². The number of hydrogen-bond donors (Lipinski definition) is 1. The van der Waals surface area contributed by atoms with Crippen molar-refractivity contribution in [3.8, 4) is 0 Å². The molecule has 0 spiro atoms. The molecule has 0 bridgehead atoms. The molecule has 3 nitrogen and oxygen atoms in total. The van der Waals surface area contributed by atoms with Gasteiger partial charge in [0.2, 0.25) is 0 Å². The lowest BCUT2D eigenvalue weighted by Crippen LogP contribution is -2.41. The summed E-state index contributed by atoms with van der Waals surface area (Å²) < 4.78 is 5.59. The van der Waals surface area contributed by atoms with Crippen LogP contribution < -0.4 is 5.32 Å². The Hall–Kier alpha value is -0.420. The fourth-order valence-corrected chi connectivity index (χ4v) is 3.40. The van der Waals surface area contributed by atoms with Crippen molar-refractivity contribution in [3.63, 3.8) is 0 Å². The SMILES string of the molecule is CC1CC(NCC(c2cccs2)N(C)C)CCO1. The Morgan fingerprint density at radius 1 is 1.56 bits per heavy atom. The molecule has 18 heavy (non-hydrogen) atoms. The molecule has 1 N–H and O–H groups in total. The third kappa shape index (κ3) is 3.79. The van der Waals surface area contributed by atoms with E-state index in [1.54, 1.807) is 0 Å². The average molecular weight is 268 g/mol. The van der Waals surface area contributed by atoms with Gasteiger partial charge in [-0.1, -0.05) is 6.07 Å². The zero-order valence-corrected chi connectivity index (χ0v) is 12.4. The van der Waals surface area contributed by atoms with Crippen LogP contribution in [-0.2, 0) is 4.74 Å². The first kappa shape index (κ1) is 14.0. The summed E-state index contributed by atoms with van der Waals surface area (Å²) in [7, 11) is 4.30. The molecule has 0 saturated carbocycles. The highest BCUT2D eigenvalue weighted by molar-refractivity contribution is 7.10. The number of likely N-dealkylation sites (N-methyl/N-ethyl adjacent to an activating group) is 1. The molecule has 0 aromatic carbocycles. The number of ether oxygens (including phenoxy) is 1. The van der Waals surface area contributed by atoms with Gasteiger partial charge in [0.1, 0.15) is 0 Å². The lowest BCUT2D eigenvalue weighted by molar-refractivity contribution is 0.0124. The second-order valence-electron chi connectivity index (χ2n) is 5.31. The average Bonchev–Trinajstić information content (AvgIpc) is 2.82. The molecule has 1 saturated heterocycles. The molecule has 3 atom stereocenters. The number of nitrogens with one attached hydrogen (secondary N) is 1. The molecule has 3 unspecified atom stereocenters. The Labute approximate surface area is 114 Å². The topological polar surface area (TPSA) is 24.5 Å². The Kier molecular flexibility index (Phi) is 5.18. The number of rotatable bonds is 5. The molecule has 1 fully saturated rings. The van der Waals surface area contributed by atoms with Gasteiger partial charge in [0.25, 0.3) is 0 Å². The highest BCUT2D eigenvalue weighted by Gasteiger charge is 2.21. The van der Waals surface area contributed by atoms with Gasteiger partial charge in [-0.25, -0.2) is 0 Å². The summed E-state index contributed by atoms with van der Waals surface area (Å²) in [5.74, 6) is 0. The molecule has 1 aromatic rings. The minimum Gasteiger partial charge on any atom is -0.378 e. The third-order valence-corrected chi connectivity index (χ3v) is 4.55. The van der Waals surface area contributed by atoms with Gasteiger partial charge in [-0.2, -0.15) is 0 Å². The second-order valence-corrected chi connectivity index (χ2v) is 6.29. The van der Waals surface area contributed by atoms with E-state index >= 15 is 0 Å². The van der Waals surface area contributed by atoms with E-state index in [0.717, 1.165) is 26.0 Å². The fourth-order valence-electron chi connectivity index (χ4n) is 2.48. The van der Waals surface area contributed by atoms with E-state index in [4.69, 9.17) is 4.74 Å². The van der Waals surface area contributed by atoms with Gasteiger partial charge in [0.05, 0.1) is 12.1 Å². The van der Waals surface area contributed by atoms with Crippen LogP contribution in [0.1, 0.15) is 30.7 Å². The molecule has 1 aromatic heterocycles. The predicted octanol–water partition coefficient (Wildman–Crippen LogP) is 2.51. The molecule has 0 amide bonds. The summed E-state index contributed by atoms with van der Waals surface area (Å²) in [4.78, 5) is 3.73. The lowest BCUT2D eigenvalue weighted by Gasteiger charge is -2.31. The molecule has 0 aliphatic carbocycles. The van der Waals surface area contributed by atoms with Gasteiger partial charge >= 0.3 is 0 Å². The van der Waals surface area contributed by atoms with Crippen LogP contribution in [-0.4, -0.2) is 44.3 Å². The van der Waals surface area contributed by atoms with Crippen LogP contribution in [0.2, 0.25) is 0 Å². The highest BCUT2D eigenvalue weighted by atomic mass is 32.1. The molecule has 4 heteroatoms. The standard InChI is InChI=1S/C14H24N2OS/c1-11-9-12(6-7-17-11)15-10-13(16(2)3)14-5-4-8-18-14/h4-5,8,11-13,15H,6-7,9-10H2,1-3H3. The summed E-state index contributed by atoms with van der Waals surface area (Å²) in [5, 5.41) is 5.86. The van der Waals surface area contributed by atoms with E-state index in [1.807, 2.05) is 11.3 Å². The molecule has 102 valence electrons. The maximum atomic E-state index is 5.59. The fraction of sp³-hybridized carbons (Fsp3) is 0.714. The smallest absolute Gasteiger partial charge is 0.0561 e. The summed E-state index contributed by atoms with van der Waals surface area (Å²) in [6.45, 7) is 4.08. The molecular formula is C14H24N2OS. The Morgan fingerprint density at radius 2 is 2.39 bits per heavy atom. The normalized spacial score (nSPS) is 26.4. The summed E-state index contributed by atoms with van der Waals surface area (Å²) in [5.41, 5.74) is 0. The number of thiophene rings is 1. The van der Waals surface area contributed by atoms with Crippen LogP contribution in [0.5, 0.6) is 0 Å². The number of hydrogen-bond acceptors (Lipinski definition) is 4. The largest absolute Gasteiger partial charge is 0.378 e. The van der Waals surface area contributed by atoms with Crippen LogP contribution in [0.4, 0.5) is 0 Å². The first-order chi connectivity index (χ1) is 8.66. The zero-order valence-electron chi connectivity index (χ0n) is 11.6. The van der Waals surface area contributed by atoms with Crippen molar-refractivity contribution in [2.24, 2.45) is 0 Å². The van der Waals surface area contributed by atoms with Crippen molar-refractivity contribution in [2.45, 2.75) is 38.0 Å². The van der Waals surface area contributed by atoms with Crippen molar-refractivity contribution in [2.75, 3.05) is 27.2 Å². The van der Waals surface area contributed by atoms with Crippen LogP contribution in [0.15, 0.2) is 17.5 Å². The van der Waals surface area contributed by atoms with E-state index in [1.165, 1.54) is 4.88 Å². The minimum absolute atomic E-state index is 0.399. The monoisotopic (exact) mass is 268 g/mol. The number of nitrogens with zero attached hydrogens (tertiary/aromatic N) is 1. The van der Waals surface area contributed by atoms with Gasteiger partial charge in [-0.3, -0.25) is 0 Å². The maximum Gasteiger partial charge on any atom is 0.0561 e. The highest BCUT2D eigenvalue weighted by Crippen LogP contribution is 2.23. The molecule has 1 aliphatic heterocycles. The van der Waals surface area contributed by atoms with Crippen molar-refractivity contribution in [3.05, 3.63) is 22.4 Å². The molecule has 2 rings (SSSR count). The van der Waals surface area contributed by atoms with E-state index in [2.05, 4.69) is 48.7 Å². The van der Waals surface area contributed by atoms with Gasteiger partial charge < -0.3 is 15.0 Å². The minimum atomic E-state index is 0.399. The summed E-state index contributed by atoms with van der Waals surface area (Å²) in [6, 6.07) is 5.44. The van der Waals surface area contributed by atoms with Crippen molar-refractivity contribution in [1.29, 1.82) is 0 Å². The van der Waals surface area contributed by atoms with Gasteiger partial charge in [-0.15, -0.1) is 11.3 Å². The van der Waals surface area contributed by atoms with E-state index in [-0.39, 0.29) is 0 Å². The van der Waals surface area contributed by atoms with E-state index < -0.39 is 0 Å². The van der Waals surface area contributed by atoms with Gasteiger partial charge in [0.15, 0.2) is 0 Å². The molecule has 2 heterocycles. The quantitative estimate of drug-likeness (QED) is 0.888. The third-order valence-electron chi connectivity index (χ3n) is 3.58. The van der Waals surface area contributed by atoms with Crippen LogP contribution in [0, 0.1) is 0 Å². The summed E-state index contributed by atoms with van der Waals surface area (Å²) >= 11 is 1.84. The van der Waals surface area contributed by atoms with E-state index in [0.29, 0.717) is 18.2 Å². The Balaban J connectivity index is 1.86. The predicted molar refractivity (Wildman–Crippen MR) is 77.2 cm³/mol. The van der Waals surface area contributed by atoms with Gasteiger partial charge in [-0.05, 0) is 45.3 Å². The zero-order chi connectivity index (χ0) is 13.0. The molecule has 1 aliphatic rings. The maximum absolute atomic E-state index is 5.59. The first-order valence-corrected chi connectivity index (χ1v) is 7.59. The Bertz CT molecular complexity index is 340. The molecular weight excluding hydrogens is 244 g/mol.